The first-order valence-corrected chi connectivity index (χ1v) is 10.0. The number of carbonyl (C=O) groups is 1. The van der Waals surface area contributed by atoms with Crippen LogP contribution >= 0.6 is 22.6 Å². The summed E-state index contributed by atoms with van der Waals surface area (Å²) >= 11 is 2.21. The van der Waals surface area contributed by atoms with Crippen LogP contribution in [0.25, 0.3) is 0 Å². The van der Waals surface area contributed by atoms with Gasteiger partial charge in [0.1, 0.15) is 20.8 Å². The molecule has 0 aliphatic carbocycles. The molecule has 1 saturated heterocycles. The summed E-state index contributed by atoms with van der Waals surface area (Å²) < 4.78 is 6.27. The van der Waals surface area contributed by atoms with Crippen LogP contribution < -0.4 is 10.2 Å². The SMILES string of the molecule is CC1(CNC(=O)OC(C)(C)C)CCN(c2cnc3c(n2)CN=C3I)CC1. The molecule has 26 heavy (non-hydrogen) atoms. The maximum Gasteiger partial charge on any atom is 0.407 e. The molecule has 3 rings (SSSR count). The van der Waals surface area contributed by atoms with Crippen LogP contribution in [0.2, 0.25) is 0 Å². The van der Waals surface area contributed by atoms with E-state index in [1.807, 2.05) is 27.0 Å². The second-order valence-corrected chi connectivity index (χ2v) is 9.31. The quantitative estimate of drug-likeness (QED) is 0.685. The van der Waals surface area contributed by atoms with E-state index in [-0.39, 0.29) is 11.5 Å². The molecule has 1 aromatic rings. The van der Waals surface area contributed by atoms with Crippen molar-refractivity contribution in [3.63, 3.8) is 0 Å². The second kappa shape index (κ2) is 7.28. The van der Waals surface area contributed by atoms with E-state index >= 15 is 0 Å². The molecule has 1 fully saturated rings. The molecule has 1 amide bonds. The van der Waals surface area contributed by atoms with Crippen molar-refractivity contribution in [1.82, 2.24) is 15.3 Å². The molecule has 0 radical (unpaired) electrons. The van der Waals surface area contributed by atoms with Gasteiger partial charge in [-0.25, -0.2) is 14.8 Å². The summed E-state index contributed by atoms with van der Waals surface area (Å²) in [6.07, 6.45) is 3.46. The summed E-state index contributed by atoms with van der Waals surface area (Å²) in [5, 5.41) is 2.92. The molecular formula is C18H26IN5O2. The molecule has 7 nitrogen and oxygen atoms in total. The van der Waals surface area contributed by atoms with Gasteiger partial charge < -0.3 is 15.0 Å². The van der Waals surface area contributed by atoms with Crippen molar-refractivity contribution in [3.05, 3.63) is 17.6 Å². The maximum atomic E-state index is 11.9. The Balaban J connectivity index is 1.53. The zero-order valence-electron chi connectivity index (χ0n) is 15.8. The zero-order chi connectivity index (χ0) is 18.9. The number of hydrogen-bond acceptors (Lipinski definition) is 6. The monoisotopic (exact) mass is 471 g/mol. The van der Waals surface area contributed by atoms with Crippen LogP contribution in [0.5, 0.6) is 0 Å². The van der Waals surface area contributed by atoms with Gasteiger partial charge in [0.15, 0.2) is 0 Å². The Morgan fingerprint density at radius 1 is 1.38 bits per heavy atom. The number of nitrogens with zero attached hydrogens (tertiary/aromatic N) is 4. The number of anilines is 1. The molecule has 0 spiro atoms. The van der Waals surface area contributed by atoms with Crippen LogP contribution in [0, 0.1) is 5.41 Å². The van der Waals surface area contributed by atoms with Gasteiger partial charge in [0.05, 0.1) is 18.4 Å². The number of piperidine rings is 1. The average molecular weight is 471 g/mol. The predicted octanol–water partition coefficient (Wildman–Crippen LogP) is 3.30. The first-order chi connectivity index (χ1) is 12.2. The van der Waals surface area contributed by atoms with Crippen molar-refractivity contribution in [2.45, 2.75) is 52.7 Å². The zero-order valence-corrected chi connectivity index (χ0v) is 18.0. The standard InChI is InChI=1S/C18H26IN5O2/c1-17(2,3)26-16(25)22-11-18(4)5-7-24(8-6-18)13-10-20-14-12(23-13)9-21-15(14)19/h10H,5-9,11H2,1-4H3,(H,22,25). The van der Waals surface area contributed by atoms with E-state index in [0.29, 0.717) is 13.1 Å². The van der Waals surface area contributed by atoms with Crippen molar-refractivity contribution in [2.24, 2.45) is 10.4 Å². The van der Waals surface area contributed by atoms with E-state index in [4.69, 9.17) is 9.72 Å². The highest BCUT2D eigenvalue weighted by atomic mass is 127. The van der Waals surface area contributed by atoms with Crippen LogP contribution in [0.15, 0.2) is 11.2 Å². The number of aliphatic imine (C=N–C) groups is 1. The lowest BCUT2D eigenvalue weighted by atomic mass is 9.80. The molecule has 0 bridgehead atoms. The molecule has 0 unspecified atom stereocenters. The van der Waals surface area contributed by atoms with E-state index in [2.05, 4.69) is 49.7 Å². The number of alkyl carbamates (subject to hydrolysis) is 1. The van der Waals surface area contributed by atoms with Gasteiger partial charge in [0, 0.05) is 19.6 Å². The molecule has 8 heteroatoms. The smallest absolute Gasteiger partial charge is 0.407 e. The van der Waals surface area contributed by atoms with E-state index < -0.39 is 5.60 Å². The number of ether oxygens (including phenoxy) is 1. The summed E-state index contributed by atoms with van der Waals surface area (Å²) in [5.41, 5.74) is 1.47. The second-order valence-electron chi connectivity index (χ2n) is 8.28. The van der Waals surface area contributed by atoms with Gasteiger partial charge in [0.2, 0.25) is 0 Å². The average Bonchev–Trinajstić information content (AvgIpc) is 2.93. The van der Waals surface area contributed by atoms with E-state index in [9.17, 15) is 4.79 Å². The number of carbonyl (C=O) groups excluding carboxylic acids is 1. The van der Waals surface area contributed by atoms with Gasteiger partial charge >= 0.3 is 6.09 Å². The van der Waals surface area contributed by atoms with Crippen molar-refractivity contribution in [2.75, 3.05) is 24.5 Å². The van der Waals surface area contributed by atoms with Gasteiger partial charge in [-0.15, -0.1) is 0 Å². The first-order valence-electron chi connectivity index (χ1n) is 8.93. The summed E-state index contributed by atoms with van der Waals surface area (Å²) in [6.45, 7) is 10.9. The van der Waals surface area contributed by atoms with Gasteiger partial charge in [-0.3, -0.25) is 4.99 Å². The van der Waals surface area contributed by atoms with Crippen LogP contribution in [0.1, 0.15) is 51.9 Å². The highest BCUT2D eigenvalue weighted by Gasteiger charge is 2.32. The fourth-order valence-electron chi connectivity index (χ4n) is 3.12. The van der Waals surface area contributed by atoms with Crippen LogP contribution in [0.4, 0.5) is 10.6 Å². The molecule has 2 aliphatic heterocycles. The van der Waals surface area contributed by atoms with Crippen molar-refractivity contribution >= 4 is 38.2 Å². The summed E-state index contributed by atoms with van der Waals surface area (Å²) in [7, 11) is 0. The van der Waals surface area contributed by atoms with E-state index in [1.54, 1.807) is 0 Å². The van der Waals surface area contributed by atoms with Crippen LogP contribution in [0.3, 0.4) is 0 Å². The maximum absolute atomic E-state index is 11.9. The molecular weight excluding hydrogens is 445 g/mol. The number of aromatic nitrogens is 2. The van der Waals surface area contributed by atoms with Gasteiger partial charge in [-0.1, -0.05) is 6.92 Å². The Kier molecular flexibility index (Phi) is 5.41. The lowest BCUT2D eigenvalue weighted by molar-refractivity contribution is 0.0495. The Morgan fingerprint density at radius 3 is 2.73 bits per heavy atom. The molecule has 3 heterocycles. The predicted molar refractivity (Wildman–Crippen MR) is 110 cm³/mol. The highest BCUT2D eigenvalue weighted by Crippen LogP contribution is 2.32. The van der Waals surface area contributed by atoms with Crippen LogP contribution in [-0.4, -0.2) is 45.0 Å². The molecule has 1 aromatic heterocycles. The molecule has 0 aromatic carbocycles. The molecule has 2 aliphatic rings. The van der Waals surface area contributed by atoms with E-state index in [0.717, 1.165) is 46.9 Å². The Hall–Kier alpha value is -1.45. The molecule has 1 N–H and O–H groups in total. The summed E-state index contributed by atoms with van der Waals surface area (Å²) in [6, 6.07) is 0. The lowest BCUT2D eigenvalue weighted by Crippen LogP contribution is -2.46. The molecule has 0 saturated carbocycles. The minimum Gasteiger partial charge on any atom is -0.444 e. The number of rotatable bonds is 3. The Labute approximate surface area is 168 Å². The van der Waals surface area contributed by atoms with E-state index in [1.165, 1.54) is 0 Å². The number of nitrogens with one attached hydrogen (secondary N) is 1. The fraction of sp³-hybridized carbons (Fsp3) is 0.667. The highest BCUT2D eigenvalue weighted by molar-refractivity contribution is 14.1. The van der Waals surface area contributed by atoms with Gasteiger partial charge in [-0.2, -0.15) is 0 Å². The fourth-order valence-corrected chi connectivity index (χ4v) is 3.74. The summed E-state index contributed by atoms with van der Waals surface area (Å²) in [4.78, 5) is 27.8. The number of amides is 1. The topological polar surface area (TPSA) is 79.7 Å². The van der Waals surface area contributed by atoms with Crippen molar-refractivity contribution < 1.29 is 9.53 Å². The Bertz CT molecular complexity index is 721. The Morgan fingerprint density at radius 2 is 2.08 bits per heavy atom. The van der Waals surface area contributed by atoms with Crippen molar-refractivity contribution in [1.29, 1.82) is 0 Å². The first kappa shape index (κ1) is 19.3. The largest absolute Gasteiger partial charge is 0.444 e. The third-order valence-corrected chi connectivity index (χ3v) is 5.60. The minimum atomic E-state index is -0.470. The third-order valence-electron chi connectivity index (χ3n) is 4.75. The van der Waals surface area contributed by atoms with Gasteiger partial charge in [0.25, 0.3) is 0 Å². The summed E-state index contributed by atoms with van der Waals surface area (Å²) in [5.74, 6) is 0.923. The number of hydrogen-bond donors (Lipinski definition) is 1. The van der Waals surface area contributed by atoms with Crippen LogP contribution in [-0.2, 0) is 11.3 Å². The normalized spacial score (nSPS) is 19.0. The van der Waals surface area contributed by atoms with Crippen molar-refractivity contribution in [3.8, 4) is 0 Å². The lowest BCUT2D eigenvalue weighted by Gasteiger charge is -2.40. The molecule has 0 atom stereocenters. The minimum absolute atomic E-state index is 0.0655. The third kappa shape index (κ3) is 4.63. The van der Waals surface area contributed by atoms with Gasteiger partial charge in [-0.05, 0) is 61.6 Å². The number of halogens is 1. The molecule has 142 valence electrons. The number of fused-ring (bicyclic) bond motifs is 1.